The summed E-state index contributed by atoms with van der Waals surface area (Å²) < 4.78 is 1.40. The molecule has 4 nitrogen and oxygen atoms in total. The number of hydrogen-bond donors (Lipinski definition) is 0. The first-order chi connectivity index (χ1) is 3.43. The van der Waals surface area contributed by atoms with Crippen LogP contribution in [-0.2, 0) is 0 Å². The van der Waals surface area contributed by atoms with Crippen molar-refractivity contribution in [3.8, 4) is 0 Å². The summed E-state index contributed by atoms with van der Waals surface area (Å²) in [4.78, 5) is 4.65. The Kier molecular flexibility index (Phi) is 0.934. The van der Waals surface area contributed by atoms with E-state index < -0.39 is 0 Å². The molecule has 1 rings (SSSR count). The first-order valence-electron chi connectivity index (χ1n) is 1.82. The molecule has 0 amide bonds. The molecule has 0 atom stereocenters. The smallest absolute Gasteiger partial charge is 0.156 e. The zero-order valence-corrected chi connectivity index (χ0v) is 3.90. The Labute approximate surface area is 40.7 Å². The zero-order valence-electron chi connectivity index (χ0n) is 3.90. The van der Waals surface area contributed by atoms with Gasteiger partial charge in [-0.15, -0.1) is 10.2 Å². The fraction of sp³-hybridized carbons (Fsp3) is 0.333. The second-order valence-corrected chi connectivity index (χ2v) is 1.00. The SMILES string of the molecule is COn1cnnc1. The van der Waals surface area contributed by atoms with Crippen molar-refractivity contribution in [2.75, 3.05) is 7.11 Å². The Bertz CT molecular complexity index is 125. The fourth-order valence-electron chi connectivity index (χ4n) is 0.286. The highest BCUT2D eigenvalue weighted by Gasteiger charge is 1.78. The third kappa shape index (κ3) is 0.677. The molecular formula is C3H5N3O. The van der Waals surface area contributed by atoms with E-state index >= 15 is 0 Å². The third-order valence-corrected chi connectivity index (χ3v) is 0.608. The van der Waals surface area contributed by atoms with Gasteiger partial charge in [0, 0.05) is 0 Å². The summed E-state index contributed by atoms with van der Waals surface area (Å²) in [6.45, 7) is 0. The zero-order chi connectivity index (χ0) is 5.11. The van der Waals surface area contributed by atoms with E-state index in [9.17, 15) is 0 Å². The van der Waals surface area contributed by atoms with Gasteiger partial charge in [0.1, 0.15) is 7.11 Å². The van der Waals surface area contributed by atoms with Crippen LogP contribution in [0.5, 0.6) is 0 Å². The lowest BCUT2D eigenvalue weighted by molar-refractivity contribution is 0.165. The van der Waals surface area contributed by atoms with Crippen LogP contribution < -0.4 is 4.84 Å². The van der Waals surface area contributed by atoms with Crippen molar-refractivity contribution in [3.05, 3.63) is 12.7 Å². The summed E-state index contributed by atoms with van der Waals surface area (Å²) in [6, 6.07) is 0. The third-order valence-electron chi connectivity index (χ3n) is 0.608. The molecule has 0 aliphatic rings. The highest BCUT2D eigenvalue weighted by molar-refractivity contribution is 4.50. The van der Waals surface area contributed by atoms with Gasteiger partial charge in [-0.05, 0) is 0 Å². The fourth-order valence-corrected chi connectivity index (χ4v) is 0.286. The topological polar surface area (TPSA) is 39.9 Å². The van der Waals surface area contributed by atoms with Crippen molar-refractivity contribution in [1.82, 2.24) is 14.9 Å². The number of nitrogens with zero attached hydrogens (tertiary/aromatic N) is 3. The molecule has 1 heterocycles. The molecule has 0 saturated carbocycles. The minimum Gasteiger partial charge on any atom is -0.415 e. The molecule has 0 radical (unpaired) electrons. The lowest BCUT2D eigenvalue weighted by Gasteiger charge is -1.90. The van der Waals surface area contributed by atoms with Crippen molar-refractivity contribution in [2.45, 2.75) is 0 Å². The molecule has 7 heavy (non-hydrogen) atoms. The van der Waals surface area contributed by atoms with Gasteiger partial charge in [-0.1, -0.05) is 0 Å². The molecule has 0 saturated heterocycles. The van der Waals surface area contributed by atoms with E-state index in [0.29, 0.717) is 0 Å². The molecule has 0 aromatic carbocycles. The minimum atomic E-state index is 1.40. The lowest BCUT2D eigenvalue weighted by atomic mass is 11.3. The van der Waals surface area contributed by atoms with Crippen molar-refractivity contribution in [3.63, 3.8) is 0 Å². The largest absolute Gasteiger partial charge is 0.415 e. The average Bonchev–Trinajstić information content (AvgIpc) is 2.14. The first kappa shape index (κ1) is 4.11. The lowest BCUT2D eigenvalue weighted by Crippen LogP contribution is -2.00. The van der Waals surface area contributed by atoms with Gasteiger partial charge in [0.05, 0.1) is 0 Å². The van der Waals surface area contributed by atoms with Gasteiger partial charge in [-0.2, -0.15) is 4.73 Å². The highest BCUT2D eigenvalue weighted by Crippen LogP contribution is 1.69. The molecule has 0 N–H and O–H groups in total. The monoisotopic (exact) mass is 99.0 g/mol. The predicted octanol–water partition coefficient (Wildman–Crippen LogP) is -0.664. The minimum absolute atomic E-state index is 1.40. The highest BCUT2D eigenvalue weighted by atomic mass is 16.6. The van der Waals surface area contributed by atoms with Crippen LogP contribution in [0.25, 0.3) is 0 Å². The number of aromatic nitrogens is 3. The average molecular weight is 99.1 g/mol. The molecular weight excluding hydrogens is 94.1 g/mol. The molecule has 0 spiro atoms. The summed E-state index contributed by atoms with van der Waals surface area (Å²) in [5, 5.41) is 6.96. The summed E-state index contributed by atoms with van der Waals surface area (Å²) in [5.74, 6) is 0. The van der Waals surface area contributed by atoms with Crippen LogP contribution in [0.2, 0.25) is 0 Å². The molecule has 0 unspecified atom stereocenters. The Morgan fingerprint density at radius 3 is 2.29 bits per heavy atom. The quantitative estimate of drug-likeness (QED) is 0.469. The number of hydrogen-bond acceptors (Lipinski definition) is 3. The van der Waals surface area contributed by atoms with Crippen LogP contribution in [0, 0.1) is 0 Å². The van der Waals surface area contributed by atoms with Crippen LogP contribution in [-0.4, -0.2) is 22.0 Å². The van der Waals surface area contributed by atoms with E-state index in [1.54, 1.807) is 7.11 Å². The molecule has 0 bridgehead atoms. The Morgan fingerprint density at radius 2 is 2.00 bits per heavy atom. The van der Waals surface area contributed by atoms with Gasteiger partial charge in [0.25, 0.3) is 0 Å². The van der Waals surface area contributed by atoms with Gasteiger partial charge in [0.15, 0.2) is 12.7 Å². The maximum atomic E-state index is 4.65. The van der Waals surface area contributed by atoms with Gasteiger partial charge in [0.2, 0.25) is 0 Å². The normalized spacial score (nSPS) is 8.71. The Morgan fingerprint density at radius 1 is 1.43 bits per heavy atom. The standard InChI is InChI=1S/C3H5N3O/c1-7-6-2-4-5-3-6/h2-3H,1H3. The van der Waals surface area contributed by atoms with Crippen molar-refractivity contribution < 1.29 is 4.84 Å². The maximum absolute atomic E-state index is 4.65. The molecule has 1 aromatic rings. The van der Waals surface area contributed by atoms with Crippen LogP contribution in [0.15, 0.2) is 12.7 Å². The van der Waals surface area contributed by atoms with Crippen LogP contribution in [0.1, 0.15) is 0 Å². The van der Waals surface area contributed by atoms with E-state index in [1.165, 1.54) is 17.4 Å². The van der Waals surface area contributed by atoms with Crippen LogP contribution >= 0.6 is 0 Å². The molecule has 38 valence electrons. The molecule has 0 aliphatic heterocycles. The van der Waals surface area contributed by atoms with E-state index in [0.717, 1.165) is 0 Å². The second-order valence-electron chi connectivity index (χ2n) is 1.00. The summed E-state index contributed by atoms with van der Waals surface area (Å²) in [7, 11) is 1.54. The Balaban J connectivity index is 2.76. The predicted molar refractivity (Wildman–Crippen MR) is 22.5 cm³/mol. The van der Waals surface area contributed by atoms with Gasteiger partial charge in [-0.25, -0.2) is 0 Å². The molecule has 0 fully saturated rings. The molecule has 4 heteroatoms. The van der Waals surface area contributed by atoms with Crippen molar-refractivity contribution >= 4 is 0 Å². The summed E-state index contributed by atoms with van der Waals surface area (Å²) in [5.41, 5.74) is 0. The summed E-state index contributed by atoms with van der Waals surface area (Å²) >= 11 is 0. The maximum Gasteiger partial charge on any atom is 0.156 e. The Hall–Kier alpha value is -1.06. The molecule has 0 aliphatic carbocycles. The van der Waals surface area contributed by atoms with Crippen LogP contribution in [0.4, 0.5) is 0 Å². The number of rotatable bonds is 1. The van der Waals surface area contributed by atoms with Gasteiger partial charge >= 0.3 is 0 Å². The van der Waals surface area contributed by atoms with Gasteiger partial charge < -0.3 is 4.84 Å². The molecule has 1 aromatic heterocycles. The summed E-state index contributed by atoms with van der Waals surface area (Å²) in [6.07, 6.45) is 2.94. The van der Waals surface area contributed by atoms with E-state index in [-0.39, 0.29) is 0 Å². The van der Waals surface area contributed by atoms with Crippen molar-refractivity contribution in [2.24, 2.45) is 0 Å². The van der Waals surface area contributed by atoms with E-state index in [2.05, 4.69) is 15.0 Å². The van der Waals surface area contributed by atoms with Crippen LogP contribution in [0.3, 0.4) is 0 Å². The van der Waals surface area contributed by atoms with Crippen molar-refractivity contribution in [1.29, 1.82) is 0 Å². The second kappa shape index (κ2) is 1.59. The first-order valence-corrected chi connectivity index (χ1v) is 1.82. The van der Waals surface area contributed by atoms with Gasteiger partial charge in [-0.3, -0.25) is 0 Å². The van der Waals surface area contributed by atoms with E-state index in [1.807, 2.05) is 0 Å². The van der Waals surface area contributed by atoms with E-state index in [4.69, 9.17) is 0 Å².